The van der Waals surface area contributed by atoms with Crippen LogP contribution in [0.2, 0.25) is 0 Å². The van der Waals surface area contributed by atoms with Crippen LogP contribution in [-0.2, 0) is 5.75 Å². The SMILES string of the molecule is CCC(C)SCc1nc(C)c(C(C)CNC(C)C)c(C)n1. The first-order valence-electron chi connectivity index (χ1n) is 8.04. The summed E-state index contributed by atoms with van der Waals surface area (Å²) in [5.74, 6) is 2.34. The summed E-state index contributed by atoms with van der Waals surface area (Å²) < 4.78 is 0. The molecule has 0 aliphatic rings. The van der Waals surface area contributed by atoms with Gasteiger partial charge in [0.1, 0.15) is 5.82 Å². The topological polar surface area (TPSA) is 37.8 Å². The lowest BCUT2D eigenvalue weighted by atomic mass is 9.98. The summed E-state index contributed by atoms with van der Waals surface area (Å²) in [6.07, 6.45) is 1.19. The van der Waals surface area contributed by atoms with Crippen LogP contribution in [0.5, 0.6) is 0 Å². The third kappa shape index (κ3) is 5.95. The molecule has 1 aromatic heterocycles. The minimum absolute atomic E-state index is 0.448. The molecule has 1 N–H and O–H groups in total. The number of hydrogen-bond acceptors (Lipinski definition) is 4. The molecule has 0 radical (unpaired) electrons. The second-order valence-electron chi connectivity index (χ2n) is 6.22. The third-order valence-corrected chi connectivity index (χ3v) is 5.10. The van der Waals surface area contributed by atoms with Gasteiger partial charge in [-0.15, -0.1) is 0 Å². The minimum Gasteiger partial charge on any atom is -0.314 e. The quantitative estimate of drug-likeness (QED) is 0.780. The van der Waals surface area contributed by atoms with Crippen LogP contribution in [0.25, 0.3) is 0 Å². The summed E-state index contributed by atoms with van der Waals surface area (Å²) in [4.78, 5) is 9.46. The van der Waals surface area contributed by atoms with Crippen LogP contribution in [-0.4, -0.2) is 27.8 Å². The van der Waals surface area contributed by atoms with E-state index in [4.69, 9.17) is 9.97 Å². The number of aryl methyl sites for hydroxylation is 2. The average Bonchev–Trinajstić information content (AvgIpc) is 2.41. The zero-order chi connectivity index (χ0) is 16.0. The van der Waals surface area contributed by atoms with E-state index >= 15 is 0 Å². The van der Waals surface area contributed by atoms with Crippen molar-refractivity contribution >= 4 is 11.8 Å². The van der Waals surface area contributed by atoms with Crippen LogP contribution in [0.4, 0.5) is 0 Å². The van der Waals surface area contributed by atoms with Crippen molar-refractivity contribution in [1.82, 2.24) is 15.3 Å². The highest BCUT2D eigenvalue weighted by atomic mass is 32.2. The Bertz CT molecular complexity index is 423. The van der Waals surface area contributed by atoms with Gasteiger partial charge in [-0.3, -0.25) is 0 Å². The fraction of sp³-hybridized carbons (Fsp3) is 0.765. The van der Waals surface area contributed by atoms with E-state index in [0.29, 0.717) is 17.2 Å². The van der Waals surface area contributed by atoms with E-state index in [1.54, 1.807) is 0 Å². The molecule has 0 fully saturated rings. The normalized spacial score (nSPS) is 14.5. The highest BCUT2D eigenvalue weighted by Gasteiger charge is 2.15. The molecule has 0 saturated heterocycles. The van der Waals surface area contributed by atoms with Gasteiger partial charge in [0.15, 0.2) is 0 Å². The van der Waals surface area contributed by atoms with Gasteiger partial charge < -0.3 is 5.32 Å². The maximum Gasteiger partial charge on any atom is 0.138 e. The second kappa shape index (κ2) is 8.74. The molecule has 0 aliphatic carbocycles. The molecular formula is C17H31N3S. The predicted octanol–water partition coefficient (Wildman–Crippen LogP) is 4.23. The Kier molecular flexibility index (Phi) is 7.67. The van der Waals surface area contributed by atoms with E-state index in [2.05, 4.69) is 53.8 Å². The number of rotatable bonds is 8. The second-order valence-corrected chi connectivity index (χ2v) is 7.64. The van der Waals surface area contributed by atoms with E-state index in [0.717, 1.165) is 29.5 Å². The average molecular weight is 310 g/mol. The summed E-state index contributed by atoms with van der Waals surface area (Å²) in [6.45, 7) is 16.3. The summed E-state index contributed by atoms with van der Waals surface area (Å²) in [7, 11) is 0. The molecule has 120 valence electrons. The highest BCUT2D eigenvalue weighted by Crippen LogP contribution is 2.23. The van der Waals surface area contributed by atoms with Gasteiger partial charge in [0.05, 0.1) is 5.75 Å². The van der Waals surface area contributed by atoms with Gasteiger partial charge in [-0.05, 0) is 31.7 Å². The van der Waals surface area contributed by atoms with Crippen LogP contribution >= 0.6 is 11.8 Å². The third-order valence-electron chi connectivity index (χ3n) is 3.77. The van der Waals surface area contributed by atoms with Crippen LogP contribution in [0.1, 0.15) is 69.7 Å². The molecular weight excluding hydrogens is 278 g/mol. The van der Waals surface area contributed by atoms with Gasteiger partial charge in [0.25, 0.3) is 0 Å². The van der Waals surface area contributed by atoms with Crippen molar-refractivity contribution in [3.8, 4) is 0 Å². The van der Waals surface area contributed by atoms with Crippen LogP contribution in [0.15, 0.2) is 0 Å². The van der Waals surface area contributed by atoms with Crippen molar-refractivity contribution in [2.45, 2.75) is 77.8 Å². The van der Waals surface area contributed by atoms with E-state index in [1.165, 1.54) is 12.0 Å². The largest absolute Gasteiger partial charge is 0.314 e. The molecule has 0 amide bonds. The van der Waals surface area contributed by atoms with Crippen LogP contribution in [0, 0.1) is 13.8 Å². The van der Waals surface area contributed by atoms with Gasteiger partial charge in [-0.1, -0.05) is 34.6 Å². The lowest BCUT2D eigenvalue weighted by Crippen LogP contribution is -2.28. The number of thioether (sulfide) groups is 1. The Labute approximate surface area is 134 Å². The van der Waals surface area contributed by atoms with Crippen molar-refractivity contribution in [1.29, 1.82) is 0 Å². The molecule has 0 spiro atoms. The van der Waals surface area contributed by atoms with E-state index in [9.17, 15) is 0 Å². The molecule has 2 unspecified atom stereocenters. The van der Waals surface area contributed by atoms with Gasteiger partial charge in [0.2, 0.25) is 0 Å². The molecule has 0 aliphatic heterocycles. The molecule has 0 aromatic carbocycles. The Balaban J connectivity index is 2.79. The van der Waals surface area contributed by atoms with E-state index < -0.39 is 0 Å². The van der Waals surface area contributed by atoms with Gasteiger partial charge in [0, 0.05) is 29.2 Å². The molecule has 1 rings (SSSR count). The number of nitrogens with one attached hydrogen (secondary N) is 1. The fourth-order valence-electron chi connectivity index (χ4n) is 2.42. The fourth-order valence-corrected chi connectivity index (χ4v) is 3.22. The van der Waals surface area contributed by atoms with E-state index in [-0.39, 0.29) is 0 Å². The standard InChI is InChI=1S/C17H31N3S/c1-8-13(5)21-10-16-19-14(6)17(15(7)20-16)12(4)9-18-11(2)3/h11-13,18H,8-10H2,1-7H3. The van der Waals surface area contributed by atoms with Gasteiger partial charge in [-0.25, -0.2) is 9.97 Å². The molecule has 1 heterocycles. The predicted molar refractivity (Wildman–Crippen MR) is 94.1 cm³/mol. The first-order chi connectivity index (χ1) is 9.85. The van der Waals surface area contributed by atoms with Gasteiger partial charge >= 0.3 is 0 Å². The zero-order valence-corrected chi connectivity index (χ0v) is 15.5. The van der Waals surface area contributed by atoms with Crippen molar-refractivity contribution in [3.63, 3.8) is 0 Å². The number of hydrogen-bond donors (Lipinski definition) is 1. The van der Waals surface area contributed by atoms with Crippen molar-refractivity contribution in [2.75, 3.05) is 6.54 Å². The summed E-state index contributed by atoms with van der Waals surface area (Å²) in [6, 6.07) is 0.514. The Morgan fingerprint density at radius 2 is 1.62 bits per heavy atom. The first-order valence-corrected chi connectivity index (χ1v) is 9.09. The Morgan fingerprint density at radius 1 is 1.05 bits per heavy atom. The number of nitrogens with zero attached hydrogens (tertiary/aromatic N) is 2. The molecule has 0 bridgehead atoms. The Hall–Kier alpha value is -0.610. The van der Waals surface area contributed by atoms with Crippen molar-refractivity contribution in [2.24, 2.45) is 0 Å². The molecule has 1 aromatic rings. The summed E-state index contributed by atoms with van der Waals surface area (Å²) in [5, 5.41) is 4.17. The van der Waals surface area contributed by atoms with Crippen molar-refractivity contribution < 1.29 is 0 Å². The highest BCUT2D eigenvalue weighted by molar-refractivity contribution is 7.99. The molecule has 4 heteroatoms. The van der Waals surface area contributed by atoms with E-state index in [1.807, 2.05) is 11.8 Å². The Morgan fingerprint density at radius 3 is 2.10 bits per heavy atom. The maximum absolute atomic E-state index is 4.73. The molecule has 3 nitrogen and oxygen atoms in total. The number of aromatic nitrogens is 2. The summed E-state index contributed by atoms with van der Waals surface area (Å²) >= 11 is 1.94. The van der Waals surface area contributed by atoms with Crippen LogP contribution in [0.3, 0.4) is 0 Å². The van der Waals surface area contributed by atoms with Crippen LogP contribution < -0.4 is 5.32 Å². The zero-order valence-electron chi connectivity index (χ0n) is 14.7. The maximum atomic E-state index is 4.73. The van der Waals surface area contributed by atoms with Gasteiger partial charge in [-0.2, -0.15) is 11.8 Å². The lowest BCUT2D eigenvalue weighted by molar-refractivity contribution is 0.543. The first kappa shape index (κ1) is 18.4. The monoisotopic (exact) mass is 309 g/mol. The molecule has 0 saturated carbocycles. The van der Waals surface area contributed by atoms with Crippen molar-refractivity contribution in [3.05, 3.63) is 22.8 Å². The smallest absolute Gasteiger partial charge is 0.138 e. The molecule has 2 atom stereocenters. The lowest BCUT2D eigenvalue weighted by Gasteiger charge is -2.19. The molecule has 21 heavy (non-hydrogen) atoms. The summed E-state index contributed by atoms with van der Waals surface area (Å²) in [5.41, 5.74) is 3.58. The minimum atomic E-state index is 0.448.